The number of carbonyl (C=O) groups is 1. The van der Waals surface area contributed by atoms with Crippen molar-refractivity contribution < 1.29 is 13.2 Å². The Morgan fingerprint density at radius 1 is 1.12 bits per heavy atom. The Kier molecular flexibility index (Phi) is 7.72. The summed E-state index contributed by atoms with van der Waals surface area (Å²) in [6.45, 7) is 5.39. The first-order chi connectivity index (χ1) is 16.0. The normalized spacial score (nSPS) is 18.0. The van der Waals surface area contributed by atoms with E-state index < -0.39 is 15.6 Å². The smallest absolute Gasteiger partial charge is 0.280 e. The first-order valence-electron chi connectivity index (χ1n) is 12.2. The van der Waals surface area contributed by atoms with Gasteiger partial charge in [-0.2, -0.15) is 0 Å². The fourth-order valence-electron chi connectivity index (χ4n) is 4.57. The molecular formula is C25H34ClN3O3S2. The summed E-state index contributed by atoms with van der Waals surface area (Å²) in [6, 6.07) is 5.05. The maximum absolute atomic E-state index is 12.9. The van der Waals surface area contributed by atoms with Crippen molar-refractivity contribution in [2.24, 2.45) is 5.92 Å². The van der Waals surface area contributed by atoms with E-state index in [-0.39, 0.29) is 16.8 Å². The minimum Gasteiger partial charge on any atom is -0.347 e. The zero-order valence-corrected chi connectivity index (χ0v) is 22.5. The Hall–Kier alpha value is -1.48. The second kappa shape index (κ2) is 10.2. The van der Waals surface area contributed by atoms with Crippen molar-refractivity contribution in [1.82, 2.24) is 15.0 Å². The van der Waals surface area contributed by atoms with Crippen molar-refractivity contribution in [2.45, 2.75) is 95.0 Å². The average molecular weight is 524 g/mol. The van der Waals surface area contributed by atoms with Crippen molar-refractivity contribution in [3.8, 4) is 10.4 Å². The molecule has 0 saturated heterocycles. The zero-order valence-electron chi connectivity index (χ0n) is 20.1. The molecule has 6 nitrogen and oxygen atoms in total. The van der Waals surface area contributed by atoms with Crippen LogP contribution >= 0.6 is 22.9 Å². The van der Waals surface area contributed by atoms with E-state index in [2.05, 4.69) is 10.0 Å². The Balaban J connectivity index is 1.66. The van der Waals surface area contributed by atoms with Gasteiger partial charge in [0.2, 0.25) is 10.0 Å². The third-order valence-corrected chi connectivity index (χ3v) is 9.67. The largest absolute Gasteiger partial charge is 0.347 e. The SMILES string of the molecule is CC(C)(C)NS(=O)(=O)c1ccc(-c2sc(C(=O)NC3CCC3)nc2CC2CCCCC2)c(Cl)c1. The average Bonchev–Trinajstić information content (AvgIpc) is 3.13. The van der Waals surface area contributed by atoms with E-state index in [4.69, 9.17) is 16.6 Å². The minimum absolute atomic E-state index is 0.123. The molecule has 2 aromatic rings. The van der Waals surface area contributed by atoms with Crippen LogP contribution in [0, 0.1) is 5.92 Å². The maximum Gasteiger partial charge on any atom is 0.280 e. The summed E-state index contributed by atoms with van der Waals surface area (Å²) in [7, 11) is -3.70. The van der Waals surface area contributed by atoms with Crippen molar-refractivity contribution in [3.63, 3.8) is 0 Å². The van der Waals surface area contributed by atoms with E-state index in [9.17, 15) is 13.2 Å². The third-order valence-electron chi connectivity index (χ3n) is 6.47. The van der Waals surface area contributed by atoms with Gasteiger partial charge in [-0.3, -0.25) is 4.79 Å². The number of amides is 1. The number of hydrogen-bond acceptors (Lipinski definition) is 5. The van der Waals surface area contributed by atoms with Gasteiger partial charge in [0.25, 0.3) is 5.91 Å². The van der Waals surface area contributed by atoms with E-state index in [1.165, 1.54) is 49.5 Å². The second-order valence-corrected chi connectivity index (χ2v) is 13.7. The fourth-order valence-corrected chi connectivity index (χ4v) is 7.45. The van der Waals surface area contributed by atoms with E-state index in [0.717, 1.165) is 41.8 Å². The Labute approximate surface area is 212 Å². The molecule has 0 atom stereocenters. The lowest BCUT2D eigenvalue weighted by atomic mass is 9.85. The topological polar surface area (TPSA) is 88.2 Å². The van der Waals surface area contributed by atoms with Crippen LogP contribution in [0.15, 0.2) is 23.1 Å². The van der Waals surface area contributed by atoms with Gasteiger partial charge in [-0.25, -0.2) is 18.1 Å². The third kappa shape index (κ3) is 6.20. The van der Waals surface area contributed by atoms with Gasteiger partial charge in [-0.1, -0.05) is 49.8 Å². The number of rotatable bonds is 7. The van der Waals surface area contributed by atoms with Crippen LogP contribution in [0.25, 0.3) is 10.4 Å². The summed E-state index contributed by atoms with van der Waals surface area (Å²) < 4.78 is 28.2. The molecule has 0 radical (unpaired) electrons. The molecule has 9 heteroatoms. The van der Waals surface area contributed by atoms with Crippen molar-refractivity contribution in [2.75, 3.05) is 0 Å². The molecule has 2 N–H and O–H groups in total. The molecule has 1 amide bonds. The van der Waals surface area contributed by atoms with Crippen LogP contribution in [0.5, 0.6) is 0 Å². The number of nitrogens with one attached hydrogen (secondary N) is 2. The standard InChI is InChI=1S/C25H34ClN3O3S2/c1-25(2,3)29-34(31,32)18-12-13-19(20(26)15-18)22-21(14-16-8-5-4-6-9-16)28-24(33-22)23(30)27-17-10-7-11-17/h12-13,15-17,29H,4-11,14H2,1-3H3,(H,27,30). The van der Waals surface area contributed by atoms with Crippen LogP contribution in [0.4, 0.5) is 0 Å². The Morgan fingerprint density at radius 2 is 1.82 bits per heavy atom. The van der Waals surface area contributed by atoms with E-state index in [1.54, 1.807) is 32.9 Å². The van der Waals surface area contributed by atoms with Gasteiger partial charge in [0.1, 0.15) is 0 Å². The predicted molar refractivity (Wildman–Crippen MR) is 138 cm³/mol. The lowest BCUT2D eigenvalue weighted by Crippen LogP contribution is -2.40. The van der Waals surface area contributed by atoms with Crippen LogP contribution in [0.3, 0.4) is 0 Å². The molecule has 0 aliphatic heterocycles. The molecule has 2 aliphatic rings. The number of benzene rings is 1. The number of nitrogens with zero attached hydrogens (tertiary/aromatic N) is 1. The molecular weight excluding hydrogens is 490 g/mol. The van der Waals surface area contributed by atoms with Crippen LogP contribution < -0.4 is 10.0 Å². The molecule has 2 fully saturated rings. The Morgan fingerprint density at radius 3 is 2.41 bits per heavy atom. The number of sulfonamides is 1. The monoisotopic (exact) mass is 523 g/mol. The van der Waals surface area contributed by atoms with E-state index >= 15 is 0 Å². The fraction of sp³-hybridized carbons (Fsp3) is 0.600. The molecule has 0 bridgehead atoms. The van der Waals surface area contributed by atoms with Crippen molar-refractivity contribution in [1.29, 1.82) is 0 Å². The molecule has 0 unspecified atom stereocenters. The molecule has 1 aromatic carbocycles. The predicted octanol–water partition coefficient (Wildman–Crippen LogP) is 5.95. The molecule has 186 valence electrons. The second-order valence-electron chi connectivity index (χ2n) is 10.6. The molecule has 1 aromatic heterocycles. The number of halogens is 1. The van der Waals surface area contributed by atoms with Crippen molar-refractivity contribution in [3.05, 3.63) is 33.9 Å². The zero-order chi connectivity index (χ0) is 24.5. The van der Waals surface area contributed by atoms with E-state index in [1.807, 2.05) is 0 Å². The van der Waals surface area contributed by atoms with Crippen LogP contribution in [0.1, 0.15) is 87.6 Å². The summed E-state index contributed by atoms with van der Waals surface area (Å²) in [5, 5.41) is 3.88. The lowest BCUT2D eigenvalue weighted by Gasteiger charge is -2.25. The maximum atomic E-state index is 12.9. The number of thiazole rings is 1. The highest BCUT2D eigenvalue weighted by molar-refractivity contribution is 7.89. The van der Waals surface area contributed by atoms with Gasteiger partial charge >= 0.3 is 0 Å². The van der Waals surface area contributed by atoms with Crippen LogP contribution in [-0.2, 0) is 16.4 Å². The summed E-state index contributed by atoms with van der Waals surface area (Å²) in [4.78, 5) is 18.6. The van der Waals surface area contributed by atoms with Gasteiger partial charge in [0.05, 0.1) is 20.5 Å². The molecule has 2 saturated carbocycles. The van der Waals surface area contributed by atoms with Crippen LogP contribution in [0.2, 0.25) is 5.02 Å². The first-order valence-corrected chi connectivity index (χ1v) is 14.8. The van der Waals surface area contributed by atoms with Gasteiger partial charge < -0.3 is 5.32 Å². The molecule has 34 heavy (non-hydrogen) atoms. The summed E-state index contributed by atoms with van der Waals surface area (Å²) >= 11 is 8.00. The minimum atomic E-state index is -3.70. The molecule has 4 rings (SSSR count). The lowest BCUT2D eigenvalue weighted by molar-refractivity contribution is 0.0916. The molecule has 2 aliphatic carbocycles. The quantitative estimate of drug-likeness (QED) is 0.469. The van der Waals surface area contributed by atoms with Gasteiger partial charge in [-0.15, -0.1) is 11.3 Å². The number of aromatic nitrogens is 1. The highest BCUT2D eigenvalue weighted by Crippen LogP contribution is 2.39. The highest BCUT2D eigenvalue weighted by Gasteiger charge is 2.27. The summed E-state index contributed by atoms with van der Waals surface area (Å²) in [6.07, 6.45) is 10.1. The number of carbonyl (C=O) groups excluding carboxylic acids is 1. The van der Waals surface area contributed by atoms with Crippen molar-refractivity contribution >= 4 is 38.9 Å². The van der Waals surface area contributed by atoms with Gasteiger partial charge in [0, 0.05) is 17.1 Å². The summed E-state index contributed by atoms with van der Waals surface area (Å²) in [5.74, 6) is 0.419. The van der Waals surface area contributed by atoms with E-state index in [0.29, 0.717) is 15.9 Å². The first kappa shape index (κ1) is 25.6. The number of hydrogen-bond donors (Lipinski definition) is 2. The van der Waals surface area contributed by atoms with Crippen LogP contribution in [-0.4, -0.2) is 30.9 Å². The Bertz CT molecular complexity index is 1140. The summed E-state index contributed by atoms with van der Waals surface area (Å²) in [5.41, 5.74) is 1.01. The van der Waals surface area contributed by atoms with Gasteiger partial charge in [-0.05, 0) is 64.5 Å². The highest BCUT2D eigenvalue weighted by atomic mass is 35.5. The molecule has 0 spiro atoms. The van der Waals surface area contributed by atoms with Gasteiger partial charge in [0.15, 0.2) is 5.01 Å². The molecule has 1 heterocycles.